The normalized spacial score (nSPS) is 16.3. The number of nitrogens with one attached hydrogen (secondary N) is 1. The van der Waals surface area contributed by atoms with Gasteiger partial charge in [0, 0.05) is 23.2 Å². The Kier molecular flexibility index (Phi) is 5.97. The van der Waals surface area contributed by atoms with Crippen LogP contribution in [0.3, 0.4) is 0 Å². The number of aromatic nitrogens is 3. The number of morpholine rings is 1. The summed E-state index contributed by atoms with van der Waals surface area (Å²) in [5.41, 5.74) is 3.42. The molecule has 1 aliphatic rings. The van der Waals surface area contributed by atoms with Crippen LogP contribution in [0.2, 0.25) is 5.02 Å². The van der Waals surface area contributed by atoms with Crippen molar-refractivity contribution in [3.63, 3.8) is 0 Å². The fraction of sp³-hybridized carbons (Fsp3) is 0.250. The number of para-hydroxylation sites is 1. The zero-order chi connectivity index (χ0) is 22.9. The van der Waals surface area contributed by atoms with Crippen molar-refractivity contribution in [3.8, 4) is 11.4 Å². The topological polar surface area (TPSA) is 61.2 Å². The molecule has 170 valence electrons. The number of ether oxygens (including phenoxy) is 2. The highest BCUT2D eigenvalue weighted by Gasteiger charge is 2.22. The molecular formula is C24H21ClF2N4O2. The smallest absolute Gasteiger partial charge is 0.161 e. The minimum absolute atomic E-state index is 0.118. The largest absolute Gasteiger partial charge is 0.487 e. The highest BCUT2D eigenvalue weighted by Crippen LogP contribution is 2.32. The first-order chi connectivity index (χ1) is 16.0. The third kappa shape index (κ3) is 4.42. The summed E-state index contributed by atoms with van der Waals surface area (Å²) < 4.78 is 40.9. The third-order valence-corrected chi connectivity index (χ3v) is 5.91. The fourth-order valence-corrected chi connectivity index (χ4v) is 4.34. The summed E-state index contributed by atoms with van der Waals surface area (Å²) >= 11 is 6.42. The van der Waals surface area contributed by atoms with Crippen LogP contribution in [0.1, 0.15) is 22.9 Å². The van der Waals surface area contributed by atoms with Crippen LogP contribution >= 0.6 is 11.6 Å². The van der Waals surface area contributed by atoms with Crippen LogP contribution in [0.15, 0.2) is 48.8 Å². The monoisotopic (exact) mass is 470 g/mol. The number of fused-ring (bicyclic) bond motifs is 1. The van der Waals surface area contributed by atoms with E-state index in [0.717, 1.165) is 17.3 Å². The zero-order valence-electron chi connectivity index (χ0n) is 17.8. The van der Waals surface area contributed by atoms with E-state index in [-0.39, 0.29) is 17.7 Å². The van der Waals surface area contributed by atoms with Crippen molar-refractivity contribution in [2.75, 3.05) is 19.8 Å². The Balaban J connectivity index is 1.52. The van der Waals surface area contributed by atoms with Crippen LogP contribution < -0.4 is 10.1 Å². The van der Waals surface area contributed by atoms with Gasteiger partial charge >= 0.3 is 0 Å². The first kappa shape index (κ1) is 21.8. The maximum atomic E-state index is 14.1. The number of nitrogens with zero attached hydrogens (tertiary/aromatic N) is 3. The van der Waals surface area contributed by atoms with Crippen LogP contribution in [-0.2, 0) is 11.3 Å². The predicted octanol–water partition coefficient (Wildman–Crippen LogP) is 4.90. The maximum Gasteiger partial charge on any atom is 0.161 e. The van der Waals surface area contributed by atoms with Gasteiger partial charge < -0.3 is 14.8 Å². The standard InChI is InChI=1S/C24H21ClF2N4O2/c1-14-7-22(31-11-16(27)10-29-31)17-3-2-4-23(24(17)30-14)33-12-19-18(8-15(26)9-20(19)25)21-13-32-6-5-28-21/h2-4,7-11,21,28H,5-6,12-13H2,1H3/t21-/m0/s1. The molecule has 1 N–H and O–H groups in total. The molecule has 0 saturated carbocycles. The van der Waals surface area contributed by atoms with Crippen molar-refractivity contribution >= 4 is 22.5 Å². The number of rotatable bonds is 5. The van der Waals surface area contributed by atoms with Crippen molar-refractivity contribution in [1.82, 2.24) is 20.1 Å². The van der Waals surface area contributed by atoms with Crippen molar-refractivity contribution in [2.24, 2.45) is 0 Å². The van der Waals surface area contributed by atoms with Gasteiger partial charge in [0.25, 0.3) is 0 Å². The molecule has 2 aromatic carbocycles. The molecule has 0 radical (unpaired) electrons. The molecule has 2 aromatic heterocycles. The SMILES string of the molecule is Cc1cc(-n2cc(F)cn2)c2cccc(OCc3c(Cl)cc(F)cc3[C@@H]3COCCN3)c2n1. The third-order valence-electron chi connectivity index (χ3n) is 5.57. The van der Waals surface area contributed by atoms with Crippen molar-refractivity contribution < 1.29 is 18.3 Å². The van der Waals surface area contributed by atoms with Crippen LogP contribution in [0.5, 0.6) is 5.75 Å². The van der Waals surface area contributed by atoms with Crippen molar-refractivity contribution in [1.29, 1.82) is 0 Å². The quantitative estimate of drug-likeness (QED) is 0.449. The van der Waals surface area contributed by atoms with Gasteiger partial charge in [0.2, 0.25) is 0 Å². The van der Waals surface area contributed by atoms with Gasteiger partial charge in [0.05, 0.1) is 42.4 Å². The molecule has 1 atom stereocenters. The maximum absolute atomic E-state index is 14.1. The van der Waals surface area contributed by atoms with Crippen LogP contribution in [0.4, 0.5) is 8.78 Å². The Hall–Kier alpha value is -3.07. The Morgan fingerprint density at radius 1 is 1.24 bits per heavy atom. The molecule has 1 fully saturated rings. The predicted molar refractivity (Wildman–Crippen MR) is 121 cm³/mol. The summed E-state index contributed by atoms with van der Waals surface area (Å²) in [4.78, 5) is 4.64. The summed E-state index contributed by atoms with van der Waals surface area (Å²) in [6, 6.07) is 9.92. The molecule has 0 spiro atoms. The number of halogens is 3. The second kappa shape index (κ2) is 9.05. The summed E-state index contributed by atoms with van der Waals surface area (Å²) in [6.45, 7) is 3.67. The molecule has 0 bridgehead atoms. The van der Waals surface area contributed by atoms with Crippen LogP contribution in [0, 0.1) is 18.6 Å². The lowest BCUT2D eigenvalue weighted by molar-refractivity contribution is 0.0762. The number of aryl methyl sites for hydroxylation is 1. The summed E-state index contributed by atoms with van der Waals surface area (Å²) in [5.74, 6) is -0.308. The van der Waals surface area contributed by atoms with Crippen molar-refractivity contribution in [3.05, 3.63) is 82.3 Å². The van der Waals surface area contributed by atoms with Gasteiger partial charge in [0.1, 0.15) is 23.7 Å². The van der Waals surface area contributed by atoms with E-state index in [1.54, 1.807) is 6.07 Å². The average Bonchev–Trinajstić information content (AvgIpc) is 3.24. The molecule has 1 aliphatic heterocycles. The van der Waals surface area contributed by atoms with E-state index in [4.69, 9.17) is 21.1 Å². The van der Waals surface area contributed by atoms with E-state index >= 15 is 0 Å². The van der Waals surface area contributed by atoms with Gasteiger partial charge in [-0.15, -0.1) is 0 Å². The van der Waals surface area contributed by atoms with Gasteiger partial charge in [-0.2, -0.15) is 5.10 Å². The highest BCUT2D eigenvalue weighted by atomic mass is 35.5. The van der Waals surface area contributed by atoms with Crippen LogP contribution in [-0.4, -0.2) is 34.5 Å². The van der Waals surface area contributed by atoms with Crippen LogP contribution in [0.25, 0.3) is 16.6 Å². The Bertz CT molecular complexity index is 1320. The minimum atomic E-state index is -0.427. The lowest BCUT2D eigenvalue weighted by Crippen LogP contribution is -2.35. The summed E-state index contributed by atoms with van der Waals surface area (Å²) in [6.07, 6.45) is 2.47. The molecule has 0 aliphatic carbocycles. The highest BCUT2D eigenvalue weighted by molar-refractivity contribution is 6.31. The van der Waals surface area contributed by atoms with Crippen molar-refractivity contribution in [2.45, 2.75) is 19.6 Å². The van der Waals surface area contributed by atoms with Gasteiger partial charge in [-0.25, -0.2) is 18.4 Å². The molecule has 0 amide bonds. The second-order valence-electron chi connectivity index (χ2n) is 7.86. The molecule has 1 saturated heterocycles. The molecule has 3 heterocycles. The Morgan fingerprint density at radius 2 is 2.12 bits per heavy atom. The summed E-state index contributed by atoms with van der Waals surface area (Å²) in [5, 5.41) is 8.46. The fourth-order valence-electron chi connectivity index (χ4n) is 4.07. The zero-order valence-corrected chi connectivity index (χ0v) is 18.6. The van der Waals surface area contributed by atoms with Gasteiger partial charge in [-0.1, -0.05) is 23.7 Å². The number of hydrogen-bond acceptors (Lipinski definition) is 5. The van der Waals surface area contributed by atoms with E-state index in [0.29, 0.717) is 47.8 Å². The summed E-state index contributed by atoms with van der Waals surface area (Å²) in [7, 11) is 0. The molecule has 6 nitrogen and oxygen atoms in total. The minimum Gasteiger partial charge on any atom is -0.487 e. The van der Waals surface area contributed by atoms with E-state index < -0.39 is 11.6 Å². The molecule has 0 unspecified atom stereocenters. The van der Waals surface area contributed by atoms with E-state index in [2.05, 4.69) is 15.4 Å². The van der Waals surface area contributed by atoms with Gasteiger partial charge in [-0.05, 0) is 36.8 Å². The first-order valence-corrected chi connectivity index (χ1v) is 10.9. The molecule has 9 heteroatoms. The molecule has 5 rings (SSSR count). The van der Waals surface area contributed by atoms with E-state index in [1.807, 2.05) is 25.1 Å². The average molecular weight is 471 g/mol. The number of benzene rings is 2. The first-order valence-electron chi connectivity index (χ1n) is 10.5. The Labute approximate surface area is 194 Å². The van der Waals surface area contributed by atoms with Gasteiger partial charge in [0.15, 0.2) is 5.82 Å². The van der Waals surface area contributed by atoms with E-state index in [1.165, 1.54) is 23.0 Å². The lowest BCUT2D eigenvalue weighted by atomic mass is 10.00. The Morgan fingerprint density at radius 3 is 2.88 bits per heavy atom. The van der Waals surface area contributed by atoms with Gasteiger partial charge in [-0.3, -0.25) is 0 Å². The number of hydrogen-bond donors (Lipinski definition) is 1. The molecular weight excluding hydrogens is 450 g/mol. The molecule has 4 aromatic rings. The number of pyridine rings is 1. The molecule has 33 heavy (non-hydrogen) atoms. The second-order valence-corrected chi connectivity index (χ2v) is 8.27. The lowest BCUT2D eigenvalue weighted by Gasteiger charge is -2.26. The van der Waals surface area contributed by atoms with E-state index in [9.17, 15) is 8.78 Å².